The third-order valence-electron chi connectivity index (χ3n) is 2.78. The third-order valence-corrected chi connectivity index (χ3v) is 5.49. The summed E-state index contributed by atoms with van der Waals surface area (Å²) in [6, 6.07) is 0. The Morgan fingerprint density at radius 1 is 1.05 bits per heavy atom. The maximum Gasteiger partial charge on any atom is 1.00 e. The van der Waals surface area contributed by atoms with Crippen LogP contribution in [0.4, 0.5) is 0 Å². The molecule has 19 heavy (non-hydrogen) atoms. The quantitative estimate of drug-likeness (QED) is 0.396. The minimum Gasteiger partial charge on any atom is -0.748 e. The van der Waals surface area contributed by atoms with E-state index < -0.39 is 49.4 Å². The maximum absolute atomic E-state index is 10.9. The zero-order valence-electron chi connectivity index (χ0n) is 10.8. The molecule has 0 aromatic heterocycles. The van der Waals surface area contributed by atoms with Crippen LogP contribution in [-0.2, 0) is 25.0 Å². The van der Waals surface area contributed by atoms with Crippen LogP contribution in [0.5, 0.6) is 0 Å². The van der Waals surface area contributed by atoms with E-state index in [0.717, 1.165) is 0 Å². The minimum absolute atomic E-state index is 0. The standard InChI is InChI=1S/C7H14O8S2.2Na/c1-15-4-2-5(8)7(17(12,13)14)6(3-4)16(9,10)11;;/h4-8H,2-3H2,1H3,(H,9,10,11)(H,12,13,14);;/q;2*+1/p-2. The SMILES string of the molecule is COC1CC(O)C(S(=O)(=O)[O-])C(S(=O)(=O)[O-])C1.[Na+].[Na+]. The van der Waals surface area contributed by atoms with E-state index in [-0.39, 0.29) is 65.5 Å². The van der Waals surface area contributed by atoms with Gasteiger partial charge in [-0.3, -0.25) is 0 Å². The van der Waals surface area contributed by atoms with E-state index >= 15 is 0 Å². The molecule has 1 fully saturated rings. The van der Waals surface area contributed by atoms with Gasteiger partial charge in [0.2, 0.25) is 0 Å². The van der Waals surface area contributed by atoms with Gasteiger partial charge in [-0.1, -0.05) is 0 Å². The minimum atomic E-state index is -5.07. The molecule has 0 radical (unpaired) electrons. The summed E-state index contributed by atoms with van der Waals surface area (Å²) in [6.45, 7) is 0. The van der Waals surface area contributed by atoms with Crippen molar-refractivity contribution in [2.75, 3.05) is 7.11 Å². The largest absolute Gasteiger partial charge is 1.00 e. The first-order valence-corrected chi connectivity index (χ1v) is 7.62. The fraction of sp³-hybridized carbons (Fsp3) is 1.00. The molecule has 0 spiro atoms. The normalized spacial score (nSPS) is 32.0. The number of aliphatic hydroxyl groups excluding tert-OH is 1. The summed E-state index contributed by atoms with van der Waals surface area (Å²) in [4.78, 5) is 0. The zero-order chi connectivity index (χ0) is 13.4. The van der Waals surface area contributed by atoms with Crippen LogP contribution >= 0.6 is 0 Å². The first kappa shape index (κ1) is 23.0. The number of methoxy groups -OCH3 is 1. The van der Waals surface area contributed by atoms with Gasteiger partial charge in [0.25, 0.3) is 0 Å². The smallest absolute Gasteiger partial charge is 0.748 e. The molecule has 0 heterocycles. The Kier molecular flexibility index (Phi) is 10.2. The van der Waals surface area contributed by atoms with Gasteiger partial charge in [0.05, 0.1) is 32.8 Å². The van der Waals surface area contributed by atoms with E-state index in [4.69, 9.17) is 4.74 Å². The van der Waals surface area contributed by atoms with Crippen LogP contribution in [0.2, 0.25) is 0 Å². The van der Waals surface area contributed by atoms with Gasteiger partial charge in [-0.05, 0) is 6.42 Å². The number of ether oxygens (including phenoxy) is 1. The van der Waals surface area contributed by atoms with Crippen molar-refractivity contribution in [3.63, 3.8) is 0 Å². The Balaban J connectivity index is 0. The van der Waals surface area contributed by atoms with E-state index in [1.807, 2.05) is 0 Å². The van der Waals surface area contributed by atoms with Crippen LogP contribution in [0.25, 0.3) is 0 Å². The Morgan fingerprint density at radius 3 is 1.84 bits per heavy atom. The van der Waals surface area contributed by atoms with Gasteiger partial charge in [-0.2, -0.15) is 0 Å². The van der Waals surface area contributed by atoms with Crippen molar-refractivity contribution in [1.29, 1.82) is 0 Å². The van der Waals surface area contributed by atoms with Crippen molar-refractivity contribution in [1.82, 2.24) is 0 Å². The molecule has 12 heteroatoms. The summed E-state index contributed by atoms with van der Waals surface area (Å²) < 4.78 is 70.2. The van der Waals surface area contributed by atoms with Crippen LogP contribution in [0.1, 0.15) is 12.8 Å². The summed E-state index contributed by atoms with van der Waals surface area (Å²) in [5.74, 6) is 0. The molecule has 0 aromatic carbocycles. The fourth-order valence-electron chi connectivity index (χ4n) is 1.99. The molecule has 1 N–H and O–H groups in total. The van der Waals surface area contributed by atoms with Crippen LogP contribution < -0.4 is 59.1 Å². The molecule has 0 amide bonds. The molecule has 0 bridgehead atoms. The molecular formula is C7H12Na2O8S2. The second kappa shape index (κ2) is 8.39. The van der Waals surface area contributed by atoms with E-state index in [2.05, 4.69) is 0 Å². The van der Waals surface area contributed by atoms with Crippen molar-refractivity contribution in [2.45, 2.75) is 35.5 Å². The van der Waals surface area contributed by atoms with Crippen molar-refractivity contribution >= 4 is 20.2 Å². The third kappa shape index (κ3) is 6.17. The Bertz CT molecular complexity index is 475. The molecule has 4 unspecified atom stereocenters. The number of aliphatic hydroxyl groups is 1. The molecule has 0 aromatic rings. The van der Waals surface area contributed by atoms with Gasteiger partial charge >= 0.3 is 59.1 Å². The van der Waals surface area contributed by atoms with Gasteiger partial charge in [0, 0.05) is 13.5 Å². The van der Waals surface area contributed by atoms with E-state index in [0.29, 0.717) is 0 Å². The summed E-state index contributed by atoms with van der Waals surface area (Å²) in [7, 11) is -8.84. The average molecular weight is 334 g/mol. The summed E-state index contributed by atoms with van der Waals surface area (Å²) in [5, 5.41) is 5.38. The fourth-order valence-corrected chi connectivity index (χ4v) is 4.75. The molecule has 1 aliphatic carbocycles. The van der Waals surface area contributed by atoms with E-state index in [1.54, 1.807) is 0 Å². The topological polar surface area (TPSA) is 144 Å². The van der Waals surface area contributed by atoms with Crippen molar-refractivity contribution < 1.29 is 94.9 Å². The van der Waals surface area contributed by atoms with Gasteiger partial charge in [-0.25, -0.2) is 16.8 Å². The second-order valence-corrected chi connectivity index (χ2v) is 7.01. The zero-order valence-corrected chi connectivity index (χ0v) is 16.5. The van der Waals surface area contributed by atoms with Crippen LogP contribution in [0.3, 0.4) is 0 Å². The molecule has 1 rings (SSSR count). The molecule has 0 saturated heterocycles. The molecular weight excluding hydrogens is 322 g/mol. The summed E-state index contributed by atoms with van der Waals surface area (Å²) in [6.07, 6.45) is -3.10. The number of hydrogen-bond acceptors (Lipinski definition) is 8. The maximum atomic E-state index is 10.9. The van der Waals surface area contributed by atoms with Gasteiger partial charge in [0.15, 0.2) is 0 Å². The Labute approximate surface area is 156 Å². The summed E-state index contributed by atoms with van der Waals surface area (Å²) >= 11 is 0. The van der Waals surface area contributed by atoms with E-state index in [9.17, 15) is 31.0 Å². The monoisotopic (exact) mass is 334 g/mol. The van der Waals surface area contributed by atoms with E-state index in [1.165, 1.54) is 7.11 Å². The predicted molar refractivity (Wildman–Crippen MR) is 53.0 cm³/mol. The molecule has 0 aliphatic heterocycles. The predicted octanol–water partition coefficient (Wildman–Crippen LogP) is -8.01. The molecule has 8 nitrogen and oxygen atoms in total. The van der Waals surface area contributed by atoms with Gasteiger partial charge in [0.1, 0.15) is 10.1 Å². The number of rotatable bonds is 3. The molecule has 4 atom stereocenters. The van der Waals surface area contributed by atoms with Crippen molar-refractivity contribution in [3.8, 4) is 0 Å². The average Bonchev–Trinajstić information content (AvgIpc) is 2.12. The summed E-state index contributed by atoms with van der Waals surface area (Å²) in [5.41, 5.74) is 0. The second-order valence-electron chi connectivity index (χ2n) is 3.89. The first-order chi connectivity index (χ1) is 7.57. The van der Waals surface area contributed by atoms with Gasteiger partial charge in [-0.15, -0.1) is 0 Å². The van der Waals surface area contributed by atoms with Crippen LogP contribution in [0, 0.1) is 0 Å². The molecule has 1 saturated carbocycles. The molecule has 1 aliphatic rings. The molecule has 102 valence electrons. The van der Waals surface area contributed by atoms with Gasteiger partial charge < -0.3 is 18.9 Å². The van der Waals surface area contributed by atoms with Crippen LogP contribution in [-0.4, -0.2) is 60.9 Å². The Morgan fingerprint density at radius 2 is 1.53 bits per heavy atom. The number of hydrogen-bond donors (Lipinski definition) is 1. The van der Waals surface area contributed by atoms with Crippen LogP contribution in [0.15, 0.2) is 0 Å². The Hall–Kier alpha value is 1.74. The first-order valence-electron chi connectivity index (χ1n) is 4.67. The van der Waals surface area contributed by atoms with Crippen molar-refractivity contribution in [3.05, 3.63) is 0 Å². The van der Waals surface area contributed by atoms with Crippen molar-refractivity contribution in [2.24, 2.45) is 0 Å².